The molecule has 0 aromatic heterocycles. The quantitative estimate of drug-likeness (QED) is 0.501. The molecule has 1 aliphatic rings. The lowest BCUT2D eigenvalue weighted by Crippen LogP contribution is -2.59. The van der Waals surface area contributed by atoms with Crippen LogP contribution < -0.4 is 10.6 Å². The van der Waals surface area contributed by atoms with Crippen molar-refractivity contribution in [3.05, 3.63) is 0 Å². The lowest BCUT2D eigenvalue weighted by atomic mass is 9.75. The van der Waals surface area contributed by atoms with Gasteiger partial charge >= 0.3 is 12.0 Å². The molecule has 1 rings (SSSR count). The minimum absolute atomic E-state index is 0.0186. The van der Waals surface area contributed by atoms with E-state index in [2.05, 4.69) is 15.5 Å². The smallest absolute Gasteiger partial charge is 0.328 e. The van der Waals surface area contributed by atoms with Gasteiger partial charge in [0.15, 0.2) is 6.04 Å². The molecule has 0 aromatic rings. The summed E-state index contributed by atoms with van der Waals surface area (Å²) >= 11 is 0. The van der Waals surface area contributed by atoms with Gasteiger partial charge in [-0.05, 0) is 33.4 Å². The molecule has 1 unspecified atom stereocenters. The van der Waals surface area contributed by atoms with Crippen LogP contribution in [0.25, 0.3) is 0 Å². The first-order valence-corrected chi connectivity index (χ1v) is 5.97. The van der Waals surface area contributed by atoms with Gasteiger partial charge in [0.25, 0.3) is 0 Å². The van der Waals surface area contributed by atoms with Crippen molar-refractivity contribution in [2.45, 2.75) is 30.8 Å². The van der Waals surface area contributed by atoms with Crippen molar-refractivity contribution in [1.29, 1.82) is 0 Å². The first-order chi connectivity index (χ1) is 8.41. The van der Waals surface area contributed by atoms with Gasteiger partial charge in [0.2, 0.25) is 0 Å². The Morgan fingerprint density at radius 3 is 2.33 bits per heavy atom. The van der Waals surface area contributed by atoms with E-state index >= 15 is 0 Å². The van der Waals surface area contributed by atoms with E-state index in [1.165, 1.54) is 0 Å². The molecular formula is C11H21N3O4. The predicted molar refractivity (Wildman–Crippen MR) is 65.3 cm³/mol. The number of carboxylic acids is 1. The summed E-state index contributed by atoms with van der Waals surface area (Å²) in [6, 6.07) is -1.83. The van der Waals surface area contributed by atoms with Crippen LogP contribution in [0.3, 0.4) is 0 Å². The Balaban J connectivity index is 2.39. The number of carbonyl (C=O) groups is 2. The summed E-state index contributed by atoms with van der Waals surface area (Å²) in [5.74, 6) is -1.25. The van der Waals surface area contributed by atoms with Gasteiger partial charge in [-0.1, -0.05) is 0 Å². The Bertz CT molecular complexity index is 315. The minimum atomic E-state index is -1.26. The van der Waals surface area contributed by atoms with Crippen LogP contribution in [0.15, 0.2) is 0 Å². The summed E-state index contributed by atoms with van der Waals surface area (Å²) in [5, 5.41) is 22.3. The molecule has 1 fully saturated rings. The summed E-state index contributed by atoms with van der Waals surface area (Å²) < 4.78 is 0. The molecule has 1 atom stereocenters. The molecule has 4 N–H and O–H groups in total. The van der Waals surface area contributed by atoms with Crippen LogP contribution in [0.2, 0.25) is 0 Å². The number of urea groups is 1. The molecule has 0 aromatic carbocycles. The van der Waals surface area contributed by atoms with E-state index < -0.39 is 24.6 Å². The number of likely N-dealkylation sites (N-methyl/N-ethyl adjacent to an activating group) is 1. The van der Waals surface area contributed by atoms with Crippen LogP contribution in [0.1, 0.15) is 19.3 Å². The average Bonchev–Trinajstić information content (AvgIpc) is 2.23. The van der Waals surface area contributed by atoms with E-state index in [9.17, 15) is 9.59 Å². The monoisotopic (exact) mass is 259 g/mol. The average molecular weight is 259 g/mol. The first kappa shape index (κ1) is 14.7. The van der Waals surface area contributed by atoms with E-state index in [-0.39, 0.29) is 5.54 Å². The first-order valence-electron chi connectivity index (χ1n) is 5.97. The number of carboxylic acid groups (broad SMARTS) is 1. The standard InChI is InChI=1S/C11H21N3O4/c1-14(2)11(4-3-5-11)7-12-10(18)13-8(6-15)9(16)17/h8,15H,3-7H2,1-2H3,(H,16,17)(H2,12,13,18). The third-order valence-electron chi connectivity index (χ3n) is 3.60. The highest BCUT2D eigenvalue weighted by Gasteiger charge is 2.39. The van der Waals surface area contributed by atoms with Crippen LogP contribution >= 0.6 is 0 Å². The maximum atomic E-state index is 11.5. The van der Waals surface area contributed by atoms with Gasteiger partial charge in [0.1, 0.15) is 0 Å². The van der Waals surface area contributed by atoms with Crippen LogP contribution in [0, 0.1) is 0 Å². The highest BCUT2D eigenvalue weighted by molar-refractivity contribution is 5.82. The van der Waals surface area contributed by atoms with Gasteiger partial charge in [-0.3, -0.25) is 0 Å². The van der Waals surface area contributed by atoms with Gasteiger partial charge in [-0.2, -0.15) is 0 Å². The Morgan fingerprint density at radius 2 is 2.00 bits per heavy atom. The molecule has 0 radical (unpaired) electrons. The SMILES string of the molecule is CN(C)C1(CNC(=O)NC(CO)C(=O)O)CCC1. The van der Waals surface area contributed by atoms with Gasteiger partial charge in [0.05, 0.1) is 6.61 Å². The molecule has 104 valence electrons. The number of nitrogens with zero attached hydrogens (tertiary/aromatic N) is 1. The number of hydrogen-bond acceptors (Lipinski definition) is 4. The van der Waals surface area contributed by atoms with E-state index in [0.29, 0.717) is 6.54 Å². The molecule has 18 heavy (non-hydrogen) atoms. The van der Waals surface area contributed by atoms with Crippen molar-refractivity contribution in [2.24, 2.45) is 0 Å². The summed E-state index contributed by atoms with van der Waals surface area (Å²) in [6.07, 6.45) is 3.17. The predicted octanol–water partition coefficient (Wildman–Crippen LogP) is -0.785. The molecule has 0 spiro atoms. The molecule has 0 aliphatic heterocycles. The number of aliphatic hydroxyl groups is 1. The number of amides is 2. The van der Waals surface area contributed by atoms with Crippen molar-refractivity contribution in [3.8, 4) is 0 Å². The lowest BCUT2D eigenvalue weighted by Gasteiger charge is -2.47. The van der Waals surface area contributed by atoms with E-state index in [1.807, 2.05) is 14.1 Å². The van der Waals surface area contributed by atoms with Crippen molar-refractivity contribution >= 4 is 12.0 Å². The molecule has 0 bridgehead atoms. The topological polar surface area (TPSA) is 102 Å². The van der Waals surface area contributed by atoms with Crippen LogP contribution in [-0.2, 0) is 4.79 Å². The van der Waals surface area contributed by atoms with Crippen LogP contribution in [-0.4, -0.2) is 65.9 Å². The molecule has 0 saturated heterocycles. The number of aliphatic carboxylic acids is 1. The maximum Gasteiger partial charge on any atom is 0.328 e. The normalized spacial score (nSPS) is 18.9. The molecule has 7 heteroatoms. The van der Waals surface area contributed by atoms with E-state index in [0.717, 1.165) is 19.3 Å². The second kappa shape index (κ2) is 6.01. The highest BCUT2D eigenvalue weighted by atomic mass is 16.4. The van der Waals surface area contributed by atoms with E-state index in [4.69, 9.17) is 10.2 Å². The molecule has 1 aliphatic carbocycles. The fourth-order valence-electron chi connectivity index (χ4n) is 2.01. The highest BCUT2D eigenvalue weighted by Crippen LogP contribution is 2.35. The maximum absolute atomic E-state index is 11.5. The zero-order valence-electron chi connectivity index (χ0n) is 10.8. The van der Waals surface area contributed by atoms with Gasteiger partial charge in [-0.15, -0.1) is 0 Å². The van der Waals surface area contributed by atoms with Crippen molar-refractivity contribution in [3.63, 3.8) is 0 Å². The summed E-state index contributed by atoms with van der Waals surface area (Å²) in [6.45, 7) is -0.148. The van der Waals surface area contributed by atoms with Crippen molar-refractivity contribution in [1.82, 2.24) is 15.5 Å². The second-order valence-corrected chi connectivity index (χ2v) is 4.87. The number of hydrogen-bond donors (Lipinski definition) is 4. The Hall–Kier alpha value is -1.34. The molecule has 1 saturated carbocycles. The zero-order chi connectivity index (χ0) is 13.8. The van der Waals surface area contributed by atoms with Crippen molar-refractivity contribution in [2.75, 3.05) is 27.2 Å². The molecule has 7 nitrogen and oxygen atoms in total. The molecular weight excluding hydrogens is 238 g/mol. The van der Waals surface area contributed by atoms with E-state index in [1.54, 1.807) is 0 Å². The fourth-order valence-corrected chi connectivity index (χ4v) is 2.01. The number of nitrogens with one attached hydrogen (secondary N) is 2. The van der Waals surface area contributed by atoms with Crippen molar-refractivity contribution < 1.29 is 19.8 Å². The number of carbonyl (C=O) groups excluding carboxylic acids is 1. The molecule has 2 amide bonds. The number of rotatable bonds is 6. The second-order valence-electron chi connectivity index (χ2n) is 4.87. The summed E-state index contributed by atoms with van der Waals surface area (Å²) in [4.78, 5) is 24.2. The lowest BCUT2D eigenvalue weighted by molar-refractivity contribution is -0.140. The van der Waals surface area contributed by atoms with Crippen LogP contribution in [0.5, 0.6) is 0 Å². The zero-order valence-corrected chi connectivity index (χ0v) is 10.8. The number of aliphatic hydroxyl groups excluding tert-OH is 1. The Morgan fingerprint density at radius 1 is 1.39 bits per heavy atom. The van der Waals surface area contributed by atoms with Gasteiger partial charge in [-0.25, -0.2) is 9.59 Å². The summed E-state index contributed by atoms with van der Waals surface area (Å²) in [7, 11) is 3.93. The summed E-state index contributed by atoms with van der Waals surface area (Å²) in [5.41, 5.74) is -0.0186. The minimum Gasteiger partial charge on any atom is -0.480 e. The fraction of sp³-hybridized carbons (Fsp3) is 0.818. The van der Waals surface area contributed by atoms with Crippen LogP contribution in [0.4, 0.5) is 4.79 Å². The largest absolute Gasteiger partial charge is 0.480 e. The van der Waals surface area contributed by atoms with Gasteiger partial charge < -0.3 is 25.7 Å². The Kier molecular flexibility index (Phi) is 4.92. The van der Waals surface area contributed by atoms with Gasteiger partial charge in [0, 0.05) is 12.1 Å². The molecule has 0 heterocycles. The third kappa shape index (κ3) is 3.33. The Labute approximate surface area is 106 Å². The third-order valence-corrected chi connectivity index (χ3v) is 3.60.